The molecular weight excluding hydrogens is 310 g/mol. The van der Waals surface area contributed by atoms with E-state index in [0.717, 1.165) is 18.4 Å². The number of carbonyl (C=O) groups excluding carboxylic acids is 1. The first-order valence-electron chi connectivity index (χ1n) is 8.32. The molecule has 0 aliphatic carbocycles. The van der Waals surface area contributed by atoms with Gasteiger partial charge in [-0.1, -0.05) is 6.07 Å². The Labute approximate surface area is 143 Å². The van der Waals surface area contributed by atoms with Crippen LogP contribution < -0.4 is 14.8 Å². The van der Waals surface area contributed by atoms with Crippen molar-refractivity contribution in [3.05, 3.63) is 23.8 Å². The predicted molar refractivity (Wildman–Crippen MR) is 90.4 cm³/mol. The Morgan fingerprint density at radius 1 is 1.21 bits per heavy atom. The molecule has 1 N–H and O–H groups in total. The molecule has 0 aromatic heterocycles. The maximum atomic E-state index is 11.9. The van der Waals surface area contributed by atoms with Gasteiger partial charge in [0, 0.05) is 19.4 Å². The molecule has 0 saturated carbocycles. The van der Waals surface area contributed by atoms with Crippen LogP contribution in [0.2, 0.25) is 0 Å². The molecule has 0 atom stereocenters. The van der Waals surface area contributed by atoms with E-state index in [1.165, 1.54) is 0 Å². The molecular formula is C18H27NO5. The van der Waals surface area contributed by atoms with E-state index < -0.39 is 5.79 Å². The number of methoxy groups -OCH3 is 2. The van der Waals surface area contributed by atoms with Crippen molar-refractivity contribution in [3.8, 4) is 11.5 Å². The van der Waals surface area contributed by atoms with Crippen LogP contribution in [-0.2, 0) is 20.7 Å². The number of hydrogen-bond acceptors (Lipinski definition) is 5. The molecule has 1 fully saturated rings. The summed E-state index contributed by atoms with van der Waals surface area (Å²) in [6.45, 7) is 3.71. The Hall–Kier alpha value is -1.79. The molecule has 1 aliphatic heterocycles. The summed E-state index contributed by atoms with van der Waals surface area (Å²) in [4.78, 5) is 11.9. The van der Waals surface area contributed by atoms with Gasteiger partial charge in [0.15, 0.2) is 17.3 Å². The van der Waals surface area contributed by atoms with Crippen molar-refractivity contribution in [3.63, 3.8) is 0 Å². The minimum Gasteiger partial charge on any atom is -0.493 e. The zero-order valence-corrected chi connectivity index (χ0v) is 14.7. The quantitative estimate of drug-likeness (QED) is 0.749. The second-order valence-corrected chi connectivity index (χ2v) is 5.97. The second-order valence-electron chi connectivity index (χ2n) is 5.97. The number of hydrogen-bond donors (Lipinski definition) is 1. The zero-order chi connectivity index (χ0) is 17.4. The summed E-state index contributed by atoms with van der Waals surface area (Å²) in [5.41, 5.74) is 1.13. The molecule has 6 heteroatoms. The van der Waals surface area contributed by atoms with Gasteiger partial charge in [-0.05, 0) is 37.5 Å². The molecule has 0 radical (unpaired) electrons. The van der Waals surface area contributed by atoms with Gasteiger partial charge in [0.1, 0.15) is 0 Å². The van der Waals surface area contributed by atoms with Crippen LogP contribution in [0.1, 0.15) is 31.7 Å². The van der Waals surface area contributed by atoms with E-state index in [1.807, 2.05) is 25.1 Å². The molecule has 1 saturated heterocycles. The summed E-state index contributed by atoms with van der Waals surface area (Å²) in [5, 5.41) is 2.92. The summed E-state index contributed by atoms with van der Waals surface area (Å²) in [6, 6.07) is 5.83. The van der Waals surface area contributed by atoms with Gasteiger partial charge in [-0.25, -0.2) is 0 Å². The van der Waals surface area contributed by atoms with Crippen LogP contribution >= 0.6 is 0 Å². The Kier molecular flexibility index (Phi) is 6.87. The number of rotatable bonds is 9. The topological polar surface area (TPSA) is 66.0 Å². The van der Waals surface area contributed by atoms with Gasteiger partial charge >= 0.3 is 0 Å². The summed E-state index contributed by atoms with van der Waals surface area (Å²) in [7, 11) is 3.23. The summed E-state index contributed by atoms with van der Waals surface area (Å²) < 4.78 is 21.5. The highest BCUT2D eigenvalue weighted by Gasteiger charge is 2.30. The SMILES string of the molecule is COc1ccc(CCCC(=O)NCCC2(C)OCCO2)cc1OC. The first-order chi connectivity index (χ1) is 11.6. The molecule has 2 rings (SSSR count). The maximum Gasteiger partial charge on any atom is 0.220 e. The van der Waals surface area contributed by atoms with Gasteiger partial charge in [-0.15, -0.1) is 0 Å². The van der Waals surface area contributed by atoms with Gasteiger partial charge in [-0.2, -0.15) is 0 Å². The molecule has 1 amide bonds. The Morgan fingerprint density at radius 3 is 2.58 bits per heavy atom. The minimum atomic E-state index is -0.549. The fourth-order valence-corrected chi connectivity index (χ4v) is 2.71. The summed E-state index contributed by atoms with van der Waals surface area (Å²) in [6.07, 6.45) is 2.75. The number of amides is 1. The highest BCUT2D eigenvalue weighted by Crippen LogP contribution is 2.28. The lowest BCUT2D eigenvalue weighted by Crippen LogP contribution is -2.33. The number of carbonyl (C=O) groups is 1. The van der Waals surface area contributed by atoms with E-state index in [2.05, 4.69) is 5.32 Å². The molecule has 0 spiro atoms. The fourth-order valence-electron chi connectivity index (χ4n) is 2.71. The molecule has 1 aromatic rings. The normalized spacial score (nSPS) is 16.0. The number of aryl methyl sites for hydroxylation is 1. The highest BCUT2D eigenvalue weighted by atomic mass is 16.7. The van der Waals surface area contributed by atoms with E-state index in [0.29, 0.717) is 44.1 Å². The molecule has 1 heterocycles. The van der Waals surface area contributed by atoms with Crippen molar-refractivity contribution in [2.45, 2.75) is 38.4 Å². The smallest absolute Gasteiger partial charge is 0.220 e. The zero-order valence-electron chi connectivity index (χ0n) is 14.7. The van der Waals surface area contributed by atoms with Gasteiger partial charge in [0.05, 0.1) is 27.4 Å². The van der Waals surface area contributed by atoms with Crippen molar-refractivity contribution < 1.29 is 23.7 Å². The maximum absolute atomic E-state index is 11.9. The van der Waals surface area contributed by atoms with Crippen LogP contribution in [-0.4, -0.2) is 45.7 Å². The molecule has 0 unspecified atom stereocenters. The Morgan fingerprint density at radius 2 is 1.92 bits per heavy atom. The first kappa shape index (κ1) is 18.5. The lowest BCUT2D eigenvalue weighted by Gasteiger charge is -2.22. The summed E-state index contributed by atoms with van der Waals surface area (Å²) in [5.74, 6) is 0.928. The number of benzene rings is 1. The van der Waals surface area contributed by atoms with Gasteiger partial charge < -0.3 is 24.3 Å². The molecule has 1 aliphatic rings. The lowest BCUT2D eigenvalue weighted by atomic mass is 10.1. The van der Waals surface area contributed by atoms with Gasteiger partial charge in [-0.3, -0.25) is 4.79 Å². The lowest BCUT2D eigenvalue weighted by molar-refractivity contribution is -0.146. The standard InChI is InChI=1S/C18H27NO5/c1-18(23-11-12-24-18)9-10-19-17(20)6-4-5-14-7-8-15(21-2)16(13-14)22-3/h7-8,13H,4-6,9-12H2,1-3H3,(H,19,20). The van der Waals surface area contributed by atoms with E-state index in [9.17, 15) is 4.79 Å². The average molecular weight is 337 g/mol. The van der Waals surface area contributed by atoms with Crippen LogP contribution in [0.5, 0.6) is 11.5 Å². The number of ether oxygens (including phenoxy) is 4. The van der Waals surface area contributed by atoms with Gasteiger partial charge in [0.2, 0.25) is 5.91 Å². The average Bonchev–Trinajstić information content (AvgIpc) is 3.01. The van der Waals surface area contributed by atoms with Crippen LogP contribution in [0, 0.1) is 0 Å². The Balaban J connectivity index is 1.67. The largest absolute Gasteiger partial charge is 0.493 e. The number of nitrogens with one attached hydrogen (secondary N) is 1. The third-order valence-corrected chi connectivity index (χ3v) is 4.12. The predicted octanol–water partition coefficient (Wildman–Crippen LogP) is 2.30. The first-order valence-corrected chi connectivity index (χ1v) is 8.32. The Bertz CT molecular complexity index is 540. The monoisotopic (exact) mass is 337 g/mol. The van der Waals surface area contributed by atoms with E-state index >= 15 is 0 Å². The van der Waals surface area contributed by atoms with Crippen LogP contribution in [0.15, 0.2) is 18.2 Å². The van der Waals surface area contributed by atoms with Crippen molar-refractivity contribution in [2.75, 3.05) is 34.0 Å². The van der Waals surface area contributed by atoms with Crippen LogP contribution in [0.3, 0.4) is 0 Å². The molecule has 0 bridgehead atoms. The van der Waals surface area contributed by atoms with Gasteiger partial charge in [0.25, 0.3) is 0 Å². The third kappa shape index (κ3) is 5.39. The van der Waals surface area contributed by atoms with Crippen molar-refractivity contribution in [2.24, 2.45) is 0 Å². The molecule has 6 nitrogen and oxygen atoms in total. The van der Waals surface area contributed by atoms with Crippen LogP contribution in [0.4, 0.5) is 0 Å². The van der Waals surface area contributed by atoms with E-state index in [1.54, 1.807) is 14.2 Å². The highest BCUT2D eigenvalue weighted by molar-refractivity contribution is 5.75. The van der Waals surface area contributed by atoms with E-state index in [-0.39, 0.29) is 5.91 Å². The van der Waals surface area contributed by atoms with Crippen molar-refractivity contribution in [1.29, 1.82) is 0 Å². The molecule has 134 valence electrons. The third-order valence-electron chi connectivity index (χ3n) is 4.12. The van der Waals surface area contributed by atoms with Crippen molar-refractivity contribution in [1.82, 2.24) is 5.32 Å². The molecule has 24 heavy (non-hydrogen) atoms. The fraction of sp³-hybridized carbons (Fsp3) is 0.611. The van der Waals surface area contributed by atoms with E-state index in [4.69, 9.17) is 18.9 Å². The van der Waals surface area contributed by atoms with Crippen molar-refractivity contribution >= 4 is 5.91 Å². The minimum absolute atomic E-state index is 0.0528. The summed E-state index contributed by atoms with van der Waals surface area (Å²) >= 11 is 0. The molecule has 1 aromatic carbocycles. The van der Waals surface area contributed by atoms with Crippen LogP contribution in [0.25, 0.3) is 0 Å². The second kappa shape index (κ2) is 8.89.